The van der Waals surface area contributed by atoms with Gasteiger partial charge in [-0.25, -0.2) is 0 Å². The SMILES string of the molecule is CC(C)CCOc1ccc(C2=CCNCC2)cc1. The van der Waals surface area contributed by atoms with E-state index in [1.54, 1.807) is 0 Å². The maximum Gasteiger partial charge on any atom is 0.119 e. The summed E-state index contributed by atoms with van der Waals surface area (Å²) in [5.41, 5.74) is 2.77. The maximum absolute atomic E-state index is 5.73. The molecule has 2 heteroatoms. The van der Waals surface area contributed by atoms with Crippen LogP contribution in [-0.2, 0) is 0 Å². The lowest BCUT2D eigenvalue weighted by Gasteiger charge is -2.14. The van der Waals surface area contributed by atoms with E-state index in [0.717, 1.165) is 38.3 Å². The molecule has 0 aliphatic carbocycles. The molecule has 1 aromatic carbocycles. The lowest BCUT2D eigenvalue weighted by Crippen LogP contribution is -2.19. The Bertz CT molecular complexity index is 392. The molecule has 98 valence electrons. The molecule has 0 amide bonds. The second-order valence-corrected chi connectivity index (χ2v) is 5.24. The fourth-order valence-corrected chi connectivity index (χ4v) is 2.06. The van der Waals surface area contributed by atoms with E-state index in [9.17, 15) is 0 Å². The van der Waals surface area contributed by atoms with Crippen molar-refractivity contribution in [1.29, 1.82) is 0 Å². The summed E-state index contributed by atoms with van der Waals surface area (Å²) in [6, 6.07) is 8.50. The third-order valence-electron chi connectivity index (χ3n) is 3.25. The molecule has 0 spiro atoms. The molecule has 0 fully saturated rings. The van der Waals surface area contributed by atoms with E-state index < -0.39 is 0 Å². The highest BCUT2D eigenvalue weighted by atomic mass is 16.5. The Morgan fingerprint density at radius 3 is 2.61 bits per heavy atom. The van der Waals surface area contributed by atoms with Crippen LogP contribution in [-0.4, -0.2) is 19.7 Å². The van der Waals surface area contributed by atoms with Gasteiger partial charge in [-0.2, -0.15) is 0 Å². The Hall–Kier alpha value is -1.28. The molecular weight excluding hydrogens is 222 g/mol. The third-order valence-corrected chi connectivity index (χ3v) is 3.25. The van der Waals surface area contributed by atoms with Crippen LogP contribution in [0.25, 0.3) is 5.57 Å². The van der Waals surface area contributed by atoms with Gasteiger partial charge < -0.3 is 10.1 Å². The van der Waals surface area contributed by atoms with Crippen molar-refractivity contribution in [3.63, 3.8) is 0 Å². The van der Waals surface area contributed by atoms with Gasteiger partial charge in [-0.05, 0) is 48.6 Å². The fourth-order valence-electron chi connectivity index (χ4n) is 2.06. The van der Waals surface area contributed by atoms with Crippen molar-refractivity contribution in [3.8, 4) is 5.75 Å². The first kappa shape index (κ1) is 13.2. The van der Waals surface area contributed by atoms with Crippen molar-refractivity contribution in [2.45, 2.75) is 26.7 Å². The van der Waals surface area contributed by atoms with Crippen LogP contribution in [0.15, 0.2) is 30.3 Å². The molecule has 1 heterocycles. The minimum atomic E-state index is 0.698. The van der Waals surface area contributed by atoms with Crippen LogP contribution in [0.2, 0.25) is 0 Å². The van der Waals surface area contributed by atoms with Gasteiger partial charge in [-0.15, -0.1) is 0 Å². The predicted octanol–water partition coefficient (Wildman–Crippen LogP) is 3.49. The molecule has 1 aliphatic heterocycles. The van der Waals surface area contributed by atoms with Crippen molar-refractivity contribution in [1.82, 2.24) is 5.32 Å². The average Bonchev–Trinajstić information content (AvgIpc) is 2.40. The highest BCUT2D eigenvalue weighted by Crippen LogP contribution is 2.22. The van der Waals surface area contributed by atoms with Crippen molar-refractivity contribution in [3.05, 3.63) is 35.9 Å². The first-order chi connectivity index (χ1) is 8.75. The summed E-state index contributed by atoms with van der Waals surface area (Å²) in [6.07, 6.45) is 4.50. The van der Waals surface area contributed by atoms with E-state index in [1.807, 2.05) is 0 Å². The predicted molar refractivity (Wildman–Crippen MR) is 76.9 cm³/mol. The second-order valence-electron chi connectivity index (χ2n) is 5.24. The van der Waals surface area contributed by atoms with Gasteiger partial charge in [0.2, 0.25) is 0 Å². The molecule has 0 saturated carbocycles. The molecule has 1 aliphatic rings. The van der Waals surface area contributed by atoms with E-state index in [2.05, 4.69) is 49.5 Å². The molecule has 0 saturated heterocycles. The number of nitrogens with one attached hydrogen (secondary N) is 1. The largest absolute Gasteiger partial charge is 0.494 e. The van der Waals surface area contributed by atoms with Gasteiger partial charge >= 0.3 is 0 Å². The smallest absolute Gasteiger partial charge is 0.119 e. The quantitative estimate of drug-likeness (QED) is 0.857. The van der Waals surface area contributed by atoms with Crippen LogP contribution < -0.4 is 10.1 Å². The van der Waals surface area contributed by atoms with Gasteiger partial charge in [-0.1, -0.05) is 32.1 Å². The number of rotatable bonds is 5. The van der Waals surface area contributed by atoms with Crippen LogP contribution in [0.3, 0.4) is 0 Å². The second kappa shape index (κ2) is 6.60. The van der Waals surface area contributed by atoms with E-state index in [-0.39, 0.29) is 0 Å². The molecule has 0 atom stereocenters. The molecule has 2 rings (SSSR count). The summed E-state index contributed by atoms with van der Waals surface area (Å²) in [7, 11) is 0. The third kappa shape index (κ3) is 3.88. The number of ether oxygens (including phenoxy) is 1. The van der Waals surface area contributed by atoms with Crippen LogP contribution >= 0.6 is 0 Å². The summed E-state index contributed by atoms with van der Waals surface area (Å²) < 4.78 is 5.73. The summed E-state index contributed by atoms with van der Waals surface area (Å²) >= 11 is 0. The normalized spacial score (nSPS) is 15.6. The topological polar surface area (TPSA) is 21.3 Å². The van der Waals surface area contributed by atoms with E-state index >= 15 is 0 Å². The lowest BCUT2D eigenvalue weighted by molar-refractivity contribution is 0.289. The van der Waals surface area contributed by atoms with Gasteiger partial charge in [0, 0.05) is 6.54 Å². The molecule has 1 N–H and O–H groups in total. The zero-order valence-corrected chi connectivity index (χ0v) is 11.4. The molecular formula is C16H23NO. The van der Waals surface area contributed by atoms with Gasteiger partial charge in [0.25, 0.3) is 0 Å². The van der Waals surface area contributed by atoms with Crippen LogP contribution in [0.4, 0.5) is 0 Å². The Labute approximate surface area is 110 Å². The van der Waals surface area contributed by atoms with Crippen LogP contribution in [0.5, 0.6) is 5.75 Å². The first-order valence-corrected chi connectivity index (χ1v) is 6.88. The zero-order valence-electron chi connectivity index (χ0n) is 11.4. The van der Waals surface area contributed by atoms with E-state index in [4.69, 9.17) is 4.74 Å². The first-order valence-electron chi connectivity index (χ1n) is 6.88. The highest BCUT2D eigenvalue weighted by molar-refractivity contribution is 5.67. The summed E-state index contributed by atoms with van der Waals surface area (Å²) in [6.45, 7) is 7.32. The minimum absolute atomic E-state index is 0.698. The van der Waals surface area contributed by atoms with Gasteiger partial charge in [-0.3, -0.25) is 0 Å². The van der Waals surface area contributed by atoms with E-state index in [1.165, 1.54) is 11.1 Å². The lowest BCUT2D eigenvalue weighted by atomic mass is 10.0. The standard InChI is InChI=1S/C16H23NO/c1-13(2)9-12-18-16-5-3-14(4-6-16)15-7-10-17-11-8-15/h3-7,13,17H,8-12H2,1-2H3. The molecule has 2 nitrogen and oxygen atoms in total. The number of benzene rings is 1. The summed E-state index contributed by atoms with van der Waals surface area (Å²) in [5.74, 6) is 1.68. The molecule has 0 aromatic heterocycles. The molecule has 18 heavy (non-hydrogen) atoms. The van der Waals surface area contributed by atoms with Gasteiger partial charge in [0.05, 0.1) is 6.61 Å². The molecule has 0 bridgehead atoms. The Kier molecular flexibility index (Phi) is 4.82. The molecule has 1 aromatic rings. The van der Waals surface area contributed by atoms with Crippen molar-refractivity contribution < 1.29 is 4.74 Å². The Morgan fingerprint density at radius 2 is 2.00 bits per heavy atom. The monoisotopic (exact) mass is 245 g/mol. The van der Waals surface area contributed by atoms with Crippen LogP contribution in [0.1, 0.15) is 32.3 Å². The Morgan fingerprint density at radius 1 is 1.22 bits per heavy atom. The zero-order chi connectivity index (χ0) is 12.8. The van der Waals surface area contributed by atoms with Gasteiger partial charge in [0.1, 0.15) is 5.75 Å². The van der Waals surface area contributed by atoms with Crippen molar-refractivity contribution in [2.75, 3.05) is 19.7 Å². The Balaban J connectivity index is 1.91. The summed E-state index contributed by atoms with van der Waals surface area (Å²) in [4.78, 5) is 0. The van der Waals surface area contributed by atoms with Crippen LogP contribution in [0, 0.1) is 5.92 Å². The maximum atomic E-state index is 5.73. The van der Waals surface area contributed by atoms with Crippen molar-refractivity contribution >= 4 is 5.57 Å². The van der Waals surface area contributed by atoms with E-state index in [0.29, 0.717) is 5.92 Å². The highest BCUT2D eigenvalue weighted by Gasteiger charge is 2.05. The summed E-state index contributed by atoms with van der Waals surface area (Å²) in [5, 5.41) is 3.33. The van der Waals surface area contributed by atoms with Gasteiger partial charge in [0.15, 0.2) is 0 Å². The molecule has 0 radical (unpaired) electrons. The molecule has 0 unspecified atom stereocenters. The minimum Gasteiger partial charge on any atom is -0.494 e. The average molecular weight is 245 g/mol. The fraction of sp³-hybridized carbons (Fsp3) is 0.500. The number of hydrogen-bond acceptors (Lipinski definition) is 2. The van der Waals surface area contributed by atoms with Crippen molar-refractivity contribution in [2.24, 2.45) is 5.92 Å². The number of hydrogen-bond donors (Lipinski definition) is 1.